The van der Waals surface area contributed by atoms with Crippen LogP contribution in [0, 0.1) is 12.8 Å². The first-order valence-electron chi connectivity index (χ1n) is 13.9. The SMILES string of the molecule is Cc1cc(-n2ccc(NC(=O)N3CCN(C(=O)C(C)CO)CC3)nc2=O)ccc1CCN1CCCC(N)CC1. The third-order valence-electron chi connectivity index (χ3n) is 7.78. The number of nitrogens with two attached hydrogens (primary N) is 1. The minimum Gasteiger partial charge on any atom is -0.396 e. The fraction of sp³-hybridized carbons (Fsp3) is 0.571. The highest BCUT2D eigenvalue weighted by Crippen LogP contribution is 2.17. The molecule has 4 N–H and O–H groups in total. The summed E-state index contributed by atoms with van der Waals surface area (Å²) in [5.41, 5.74) is 8.73. The maximum atomic E-state index is 12.8. The maximum Gasteiger partial charge on any atom is 0.354 e. The second kappa shape index (κ2) is 13.2. The first-order chi connectivity index (χ1) is 18.7. The number of likely N-dealkylation sites (tertiary alicyclic amines) is 1. The van der Waals surface area contributed by atoms with Gasteiger partial charge in [0.25, 0.3) is 0 Å². The number of aliphatic hydroxyl groups is 1. The van der Waals surface area contributed by atoms with Crippen molar-refractivity contribution in [3.05, 3.63) is 52.1 Å². The van der Waals surface area contributed by atoms with E-state index in [4.69, 9.17) is 5.73 Å². The number of hydrogen-bond acceptors (Lipinski definition) is 7. The molecule has 11 nitrogen and oxygen atoms in total. The van der Waals surface area contributed by atoms with Crippen molar-refractivity contribution in [1.29, 1.82) is 0 Å². The number of anilines is 1. The lowest BCUT2D eigenvalue weighted by Crippen LogP contribution is -2.53. The number of rotatable bonds is 7. The molecule has 1 aromatic carbocycles. The molecule has 3 amide bonds. The summed E-state index contributed by atoms with van der Waals surface area (Å²) in [7, 11) is 0. The van der Waals surface area contributed by atoms with Crippen molar-refractivity contribution >= 4 is 17.8 Å². The van der Waals surface area contributed by atoms with Crippen molar-refractivity contribution < 1.29 is 14.7 Å². The van der Waals surface area contributed by atoms with Gasteiger partial charge in [0.2, 0.25) is 5.91 Å². The van der Waals surface area contributed by atoms with Crippen LogP contribution in [0.2, 0.25) is 0 Å². The Hall–Kier alpha value is -3.28. The summed E-state index contributed by atoms with van der Waals surface area (Å²) < 4.78 is 1.47. The number of carbonyl (C=O) groups excluding carboxylic acids is 2. The van der Waals surface area contributed by atoms with Crippen LogP contribution in [0.4, 0.5) is 10.6 Å². The zero-order valence-corrected chi connectivity index (χ0v) is 23.0. The van der Waals surface area contributed by atoms with Gasteiger partial charge in [-0.1, -0.05) is 13.0 Å². The number of amides is 3. The van der Waals surface area contributed by atoms with Crippen LogP contribution < -0.4 is 16.7 Å². The molecule has 11 heteroatoms. The van der Waals surface area contributed by atoms with Gasteiger partial charge in [-0.3, -0.25) is 14.7 Å². The van der Waals surface area contributed by atoms with Gasteiger partial charge in [-0.15, -0.1) is 0 Å². The lowest BCUT2D eigenvalue weighted by Gasteiger charge is -2.35. The van der Waals surface area contributed by atoms with Crippen LogP contribution in [0.3, 0.4) is 0 Å². The number of piperazine rings is 1. The smallest absolute Gasteiger partial charge is 0.354 e. The van der Waals surface area contributed by atoms with Gasteiger partial charge in [0, 0.05) is 45.0 Å². The van der Waals surface area contributed by atoms with E-state index in [1.165, 1.54) is 10.1 Å². The van der Waals surface area contributed by atoms with Crippen LogP contribution >= 0.6 is 0 Å². The Kier molecular flexibility index (Phi) is 9.71. The molecule has 212 valence electrons. The minimum absolute atomic E-state index is 0.117. The highest BCUT2D eigenvalue weighted by atomic mass is 16.3. The van der Waals surface area contributed by atoms with Crippen molar-refractivity contribution in [3.63, 3.8) is 0 Å². The van der Waals surface area contributed by atoms with E-state index in [0.717, 1.165) is 56.6 Å². The van der Waals surface area contributed by atoms with Gasteiger partial charge < -0.3 is 25.5 Å². The Morgan fingerprint density at radius 3 is 2.54 bits per heavy atom. The first-order valence-corrected chi connectivity index (χ1v) is 13.9. The molecule has 2 atom stereocenters. The molecule has 2 fully saturated rings. The van der Waals surface area contributed by atoms with Crippen LogP contribution in [0.1, 0.15) is 37.3 Å². The summed E-state index contributed by atoms with van der Waals surface area (Å²) >= 11 is 0. The molecule has 2 aliphatic rings. The van der Waals surface area contributed by atoms with Gasteiger partial charge in [0.15, 0.2) is 0 Å². The van der Waals surface area contributed by atoms with E-state index in [-0.39, 0.29) is 24.4 Å². The third kappa shape index (κ3) is 7.43. The number of urea groups is 1. The topological polar surface area (TPSA) is 137 Å². The van der Waals surface area contributed by atoms with E-state index in [0.29, 0.717) is 32.2 Å². The highest BCUT2D eigenvalue weighted by molar-refractivity contribution is 5.88. The fourth-order valence-electron chi connectivity index (χ4n) is 5.17. The number of benzene rings is 1. The standard InChI is InChI=1S/C28H41N7O4/c1-20-18-24(6-5-22(20)7-11-32-10-3-4-23(29)8-12-32)35-13-9-25(31-28(35)39)30-27(38)34-16-14-33(15-17-34)26(37)21(2)19-36/h5-6,9,13,18,21,23,36H,3-4,7-8,10-12,14-17,19,29H2,1-2H3,(H,30,31,38,39). The number of nitrogens with zero attached hydrogens (tertiary/aromatic N) is 5. The van der Waals surface area contributed by atoms with E-state index in [2.05, 4.69) is 28.2 Å². The van der Waals surface area contributed by atoms with Crippen molar-refractivity contribution in [3.8, 4) is 5.69 Å². The molecular weight excluding hydrogens is 498 g/mol. The number of aromatic nitrogens is 2. The molecular formula is C28H41N7O4. The summed E-state index contributed by atoms with van der Waals surface area (Å²) in [5.74, 6) is -0.391. The van der Waals surface area contributed by atoms with Crippen molar-refractivity contribution in [2.45, 2.75) is 45.6 Å². The number of carbonyl (C=O) groups is 2. The molecule has 0 bridgehead atoms. The van der Waals surface area contributed by atoms with Crippen LogP contribution in [-0.2, 0) is 11.2 Å². The summed E-state index contributed by atoms with van der Waals surface area (Å²) in [6, 6.07) is 7.55. The first kappa shape index (κ1) is 28.7. The Morgan fingerprint density at radius 2 is 1.85 bits per heavy atom. The average molecular weight is 540 g/mol. The molecule has 39 heavy (non-hydrogen) atoms. The zero-order chi connectivity index (χ0) is 27.9. The van der Waals surface area contributed by atoms with Gasteiger partial charge in [-0.2, -0.15) is 4.98 Å². The highest BCUT2D eigenvalue weighted by Gasteiger charge is 2.27. The lowest BCUT2D eigenvalue weighted by molar-refractivity contribution is -0.137. The Balaban J connectivity index is 1.32. The molecule has 2 aromatic rings. The largest absolute Gasteiger partial charge is 0.396 e. The van der Waals surface area contributed by atoms with Gasteiger partial charge in [0.1, 0.15) is 5.82 Å². The molecule has 2 unspecified atom stereocenters. The summed E-state index contributed by atoms with van der Waals surface area (Å²) in [6.45, 7) is 8.19. The Labute approximate surface area is 229 Å². The third-order valence-corrected chi connectivity index (χ3v) is 7.78. The van der Waals surface area contributed by atoms with E-state index in [1.807, 2.05) is 12.1 Å². The van der Waals surface area contributed by atoms with Crippen molar-refractivity contribution in [2.24, 2.45) is 11.7 Å². The van der Waals surface area contributed by atoms with E-state index < -0.39 is 11.6 Å². The monoisotopic (exact) mass is 539 g/mol. The van der Waals surface area contributed by atoms with Crippen molar-refractivity contribution in [2.75, 3.05) is 57.7 Å². The number of aryl methyl sites for hydroxylation is 1. The molecule has 2 saturated heterocycles. The summed E-state index contributed by atoms with van der Waals surface area (Å²) in [4.78, 5) is 47.5. The zero-order valence-electron chi connectivity index (χ0n) is 23.0. The van der Waals surface area contributed by atoms with Gasteiger partial charge in [-0.05, 0) is 75.0 Å². The molecule has 0 aliphatic carbocycles. The van der Waals surface area contributed by atoms with Crippen molar-refractivity contribution in [1.82, 2.24) is 24.3 Å². The molecule has 0 saturated carbocycles. The van der Waals surface area contributed by atoms with Gasteiger partial charge in [0.05, 0.1) is 18.2 Å². The van der Waals surface area contributed by atoms with E-state index in [1.54, 1.807) is 29.0 Å². The molecule has 1 aromatic heterocycles. The average Bonchev–Trinajstić information content (AvgIpc) is 3.15. The normalized spacial score (nSPS) is 19.4. The molecule has 3 heterocycles. The Morgan fingerprint density at radius 1 is 1.10 bits per heavy atom. The number of aliphatic hydroxyl groups excluding tert-OH is 1. The molecule has 4 rings (SSSR count). The molecule has 2 aliphatic heterocycles. The van der Waals surface area contributed by atoms with E-state index >= 15 is 0 Å². The lowest BCUT2D eigenvalue weighted by atomic mass is 10.0. The van der Waals surface area contributed by atoms with Gasteiger partial charge >= 0.3 is 11.7 Å². The molecule has 0 spiro atoms. The summed E-state index contributed by atoms with van der Waals surface area (Å²) in [5, 5.41) is 11.9. The van der Waals surface area contributed by atoms with Crippen LogP contribution in [0.5, 0.6) is 0 Å². The Bertz CT molecular complexity index is 1210. The van der Waals surface area contributed by atoms with Gasteiger partial charge in [-0.25, -0.2) is 9.59 Å². The van der Waals surface area contributed by atoms with Crippen LogP contribution in [-0.4, -0.2) is 99.8 Å². The predicted octanol–water partition coefficient (Wildman–Crippen LogP) is 1.20. The second-order valence-electron chi connectivity index (χ2n) is 10.7. The number of hydrogen-bond donors (Lipinski definition) is 3. The minimum atomic E-state index is -0.478. The fourth-order valence-corrected chi connectivity index (χ4v) is 5.17. The predicted molar refractivity (Wildman–Crippen MR) is 150 cm³/mol. The van der Waals surface area contributed by atoms with E-state index in [9.17, 15) is 19.5 Å². The number of nitrogens with one attached hydrogen (secondary N) is 1. The summed E-state index contributed by atoms with van der Waals surface area (Å²) in [6.07, 6.45) is 5.86. The maximum absolute atomic E-state index is 12.8. The van der Waals surface area contributed by atoms with Crippen LogP contribution in [0.15, 0.2) is 35.3 Å². The molecule has 0 radical (unpaired) electrons. The quantitative estimate of drug-likeness (QED) is 0.481. The van der Waals surface area contributed by atoms with Crippen LogP contribution in [0.25, 0.3) is 5.69 Å². The second-order valence-corrected chi connectivity index (χ2v) is 10.7.